The van der Waals surface area contributed by atoms with Gasteiger partial charge in [0.05, 0.1) is 15.9 Å². The molecule has 2 aliphatic heterocycles. The lowest BCUT2D eigenvalue weighted by atomic mass is 9.72. The third-order valence-electron chi connectivity index (χ3n) is 6.84. The second-order valence-electron chi connectivity index (χ2n) is 9.30. The van der Waals surface area contributed by atoms with E-state index in [0.29, 0.717) is 37.3 Å². The number of nitrogens with zero attached hydrogens (tertiary/aromatic N) is 4. The van der Waals surface area contributed by atoms with Crippen LogP contribution in [0.1, 0.15) is 24.0 Å². The minimum absolute atomic E-state index is 0.00240. The molecule has 36 heavy (non-hydrogen) atoms. The highest BCUT2D eigenvalue weighted by atomic mass is 32.1. The maximum absolute atomic E-state index is 13.9. The number of hydrogen-bond donors (Lipinski definition) is 0. The van der Waals surface area contributed by atoms with Crippen molar-refractivity contribution >= 4 is 32.2 Å². The number of aromatic nitrogens is 1. The lowest BCUT2D eigenvalue weighted by Crippen LogP contribution is -2.59. The number of alkyl halides is 3. The Balaban J connectivity index is 1.31. The van der Waals surface area contributed by atoms with E-state index in [9.17, 15) is 36.9 Å². The molecule has 7 nitrogen and oxygen atoms in total. The van der Waals surface area contributed by atoms with Gasteiger partial charge in [-0.25, -0.2) is 8.78 Å². The molecule has 0 bridgehead atoms. The molecule has 5 rings (SSSR count). The zero-order valence-corrected chi connectivity index (χ0v) is 19.5. The average Bonchev–Trinajstić information content (AvgIpc) is 2.78. The summed E-state index contributed by atoms with van der Waals surface area (Å²) < 4.78 is 66.4. The summed E-state index contributed by atoms with van der Waals surface area (Å²) in [6.07, 6.45) is -3.36. The van der Waals surface area contributed by atoms with Crippen LogP contribution in [0, 0.1) is 27.2 Å². The van der Waals surface area contributed by atoms with Crippen LogP contribution >= 0.6 is 11.3 Å². The van der Waals surface area contributed by atoms with Crippen LogP contribution in [0.15, 0.2) is 35.1 Å². The Bertz CT molecular complexity index is 1410. The molecule has 0 N–H and O–H groups in total. The third-order valence-corrected chi connectivity index (χ3v) is 8.00. The Hall–Kier alpha value is -3.19. The number of nitro benzene ring substituents is 1. The summed E-state index contributed by atoms with van der Waals surface area (Å²) >= 11 is 0.836. The first-order valence-electron chi connectivity index (χ1n) is 11.1. The van der Waals surface area contributed by atoms with Crippen LogP contribution in [0.3, 0.4) is 0 Å². The van der Waals surface area contributed by atoms with E-state index >= 15 is 0 Å². The van der Waals surface area contributed by atoms with Crippen molar-refractivity contribution in [2.75, 3.05) is 31.1 Å². The van der Waals surface area contributed by atoms with Crippen LogP contribution in [0.4, 0.5) is 32.8 Å². The van der Waals surface area contributed by atoms with E-state index in [2.05, 4.69) is 9.88 Å². The van der Waals surface area contributed by atoms with Crippen molar-refractivity contribution in [1.82, 2.24) is 9.88 Å². The number of fused-ring (bicyclic) bond motifs is 1. The molecular formula is C23H19F5N4O3S. The van der Waals surface area contributed by atoms with Crippen molar-refractivity contribution in [3.05, 3.63) is 73.6 Å². The summed E-state index contributed by atoms with van der Waals surface area (Å²) in [7, 11) is 0. The fourth-order valence-corrected chi connectivity index (χ4v) is 6.09. The molecule has 0 atom stereocenters. The van der Waals surface area contributed by atoms with Gasteiger partial charge in [-0.05, 0) is 30.4 Å². The molecule has 2 saturated heterocycles. The molecule has 0 amide bonds. The quantitative estimate of drug-likeness (QED) is 0.272. The fraction of sp³-hybridized carbons (Fsp3) is 0.391. The van der Waals surface area contributed by atoms with Gasteiger partial charge in [0.2, 0.25) is 0 Å². The number of rotatable bonds is 4. The zero-order chi connectivity index (χ0) is 25.8. The first kappa shape index (κ1) is 24.5. The highest BCUT2D eigenvalue weighted by Crippen LogP contribution is 2.43. The first-order chi connectivity index (χ1) is 16.9. The molecule has 0 saturated carbocycles. The molecule has 2 fully saturated rings. The maximum atomic E-state index is 13.9. The van der Waals surface area contributed by atoms with Gasteiger partial charge in [-0.15, -0.1) is 0 Å². The molecule has 0 radical (unpaired) electrons. The monoisotopic (exact) mass is 526 g/mol. The fourth-order valence-electron chi connectivity index (χ4n) is 4.97. The van der Waals surface area contributed by atoms with Gasteiger partial charge in [-0.1, -0.05) is 17.4 Å². The first-order valence-corrected chi connectivity index (χ1v) is 11.9. The summed E-state index contributed by atoms with van der Waals surface area (Å²) in [6, 6.07) is 4.57. The molecule has 2 aliphatic rings. The van der Waals surface area contributed by atoms with Gasteiger partial charge in [0.1, 0.15) is 16.3 Å². The summed E-state index contributed by atoms with van der Waals surface area (Å²) in [5.74, 6) is -1.21. The van der Waals surface area contributed by atoms with E-state index in [0.717, 1.165) is 43.3 Å². The van der Waals surface area contributed by atoms with Gasteiger partial charge >= 0.3 is 6.18 Å². The minimum atomic E-state index is -4.84. The van der Waals surface area contributed by atoms with E-state index in [1.54, 1.807) is 0 Å². The van der Waals surface area contributed by atoms with E-state index in [1.807, 2.05) is 4.90 Å². The largest absolute Gasteiger partial charge is 0.416 e. The van der Waals surface area contributed by atoms with Crippen molar-refractivity contribution < 1.29 is 26.9 Å². The van der Waals surface area contributed by atoms with Gasteiger partial charge in [0, 0.05) is 50.4 Å². The van der Waals surface area contributed by atoms with Crippen LogP contribution in [-0.4, -0.2) is 41.0 Å². The number of nitro groups is 1. The molecule has 0 aliphatic carbocycles. The van der Waals surface area contributed by atoms with Gasteiger partial charge in [0.15, 0.2) is 5.13 Å². The number of likely N-dealkylation sites (tertiary alicyclic amines) is 1. The van der Waals surface area contributed by atoms with Crippen molar-refractivity contribution in [2.24, 2.45) is 5.41 Å². The minimum Gasteiger partial charge on any atom is -0.348 e. The summed E-state index contributed by atoms with van der Waals surface area (Å²) in [5.41, 5.74) is -2.56. The smallest absolute Gasteiger partial charge is 0.348 e. The SMILES string of the molecule is O=c1nc(N2CCC3(CC2)CN(Cc2ccc(F)cc2F)C3)sc2c([N+](=O)[O-])cc(C(F)(F)F)cc12. The molecule has 190 valence electrons. The number of halogens is 5. The third kappa shape index (κ3) is 4.52. The number of benzene rings is 2. The standard InChI is InChI=1S/C23H19F5N4O3S/c24-15-2-1-13(17(25)9-15)10-30-11-22(12-30)3-5-31(6-4-22)21-29-20(33)16-7-14(23(26,27)28)8-18(32(34)35)19(16)36-21/h1-2,7-9H,3-6,10-12H2. The van der Waals surface area contributed by atoms with E-state index in [4.69, 9.17) is 0 Å². The molecule has 3 aromatic rings. The van der Waals surface area contributed by atoms with Gasteiger partial charge in [-0.2, -0.15) is 18.2 Å². The second kappa shape index (κ2) is 8.73. The van der Waals surface area contributed by atoms with Gasteiger partial charge in [0.25, 0.3) is 11.2 Å². The molecule has 13 heteroatoms. The Labute approximate surface area is 204 Å². The molecule has 1 aromatic heterocycles. The summed E-state index contributed by atoms with van der Waals surface area (Å²) in [5, 5.41) is 11.3. The summed E-state index contributed by atoms with van der Waals surface area (Å²) in [6.45, 7) is 2.85. The predicted octanol–water partition coefficient (Wildman–Crippen LogP) is 4.96. The van der Waals surface area contributed by atoms with E-state index in [1.165, 1.54) is 12.1 Å². The van der Waals surface area contributed by atoms with Crippen LogP contribution in [0.2, 0.25) is 0 Å². The molecule has 2 aromatic carbocycles. The number of piperidine rings is 1. The summed E-state index contributed by atoms with van der Waals surface area (Å²) in [4.78, 5) is 31.0. The van der Waals surface area contributed by atoms with Crippen LogP contribution in [-0.2, 0) is 12.7 Å². The average molecular weight is 526 g/mol. The Morgan fingerprint density at radius 3 is 2.42 bits per heavy atom. The number of hydrogen-bond acceptors (Lipinski definition) is 7. The maximum Gasteiger partial charge on any atom is 0.416 e. The van der Waals surface area contributed by atoms with E-state index in [-0.39, 0.29) is 15.2 Å². The number of non-ortho nitro benzene ring substituents is 1. The van der Waals surface area contributed by atoms with Crippen molar-refractivity contribution in [1.29, 1.82) is 0 Å². The normalized spacial score (nSPS) is 18.0. The zero-order valence-electron chi connectivity index (χ0n) is 18.6. The molecule has 3 heterocycles. The molecule has 0 unspecified atom stereocenters. The van der Waals surface area contributed by atoms with Crippen molar-refractivity contribution in [3.8, 4) is 0 Å². The van der Waals surface area contributed by atoms with Gasteiger partial charge < -0.3 is 4.90 Å². The van der Waals surface area contributed by atoms with E-state index < -0.39 is 44.9 Å². The Morgan fingerprint density at radius 1 is 1.11 bits per heavy atom. The van der Waals surface area contributed by atoms with Crippen LogP contribution in [0.5, 0.6) is 0 Å². The van der Waals surface area contributed by atoms with Crippen molar-refractivity contribution in [2.45, 2.75) is 25.6 Å². The van der Waals surface area contributed by atoms with Crippen LogP contribution in [0.25, 0.3) is 10.1 Å². The lowest BCUT2D eigenvalue weighted by molar-refractivity contribution is -0.383. The second-order valence-corrected chi connectivity index (χ2v) is 10.3. The molecular weight excluding hydrogens is 507 g/mol. The Morgan fingerprint density at radius 2 is 1.81 bits per heavy atom. The Kier molecular flexibility index (Phi) is 5.94. The predicted molar refractivity (Wildman–Crippen MR) is 123 cm³/mol. The molecule has 1 spiro atoms. The topological polar surface area (TPSA) is 79.6 Å². The lowest BCUT2D eigenvalue weighted by Gasteiger charge is -2.54. The van der Waals surface area contributed by atoms with Gasteiger partial charge in [-0.3, -0.25) is 19.8 Å². The highest BCUT2D eigenvalue weighted by molar-refractivity contribution is 7.22. The van der Waals surface area contributed by atoms with Crippen LogP contribution < -0.4 is 10.5 Å². The number of anilines is 1. The highest BCUT2D eigenvalue weighted by Gasteiger charge is 2.45. The van der Waals surface area contributed by atoms with Crippen molar-refractivity contribution in [3.63, 3.8) is 0 Å².